The highest BCUT2D eigenvalue weighted by Crippen LogP contribution is 2.28. The molecule has 0 radical (unpaired) electrons. The first kappa shape index (κ1) is 17.9. The molecule has 0 saturated carbocycles. The Labute approximate surface area is 126 Å². The lowest BCUT2D eigenvalue weighted by atomic mass is 9.97. The molecule has 0 amide bonds. The molecule has 0 aromatic heterocycles. The molecule has 2 aliphatic heterocycles. The van der Waals surface area contributed by atoms with Crippen molar-refractivity contribution in [3.8, 4) is 0 Å². The zero-order valence-electron chi connectivity index (χ0n) is 11.8. The molecule has 7 N–H and O–H groups in total. The molecule has 130 valence electrons. The molecule has 2 saturated heterocycles. The van der Waals surface area contributed by atoms with Gasteiger partial charge in [-0.3, -0.25) is 0 Å². The Hall–Kier alpha value is -0.400. The van der Waals surface area contributed by atoms with Crippen LogP contribution in [0.25, 0.3) is 0 Å². The smallest absolute Gasteiger partial charge is 0.187 e. The van der Waals surface area contributed by atoms with Crippen LogP contribution in [-0.2, 0) is 14.2 Å². The van der Waals surface area contributed by atoms with E-state index >= 15 is 0 Å². The monoisotopic (exact) mass is 326 g/mol. The number of aliphatic hydroxyl groups is 7. The normalized spacial score (nSPS) is 53.5. The van der Waals surface area contributed by atoms with Crippen LogP contribution in [0.3, 0.4) is 0 Å². The molecule has 2 fully saturated rings. The number of ether oxygens (including phenoxy) is 3. The fourth-order valence-electron chi connectivity index (χ4n) is 2.52. The first-order chi connectivity index (χ1) is 10.3. The van der Waals surface area contributed by atoms with Gasteiger partial charge < -0.3 is 50.0 Å². The predicted octanol–water partition coefficient (Wildman–Crippen LogP) is -4.37. The van der Waals surface area contributed by atoms with Gasteiger partial charge in [0.15, 0.2) is 12.6 Å². The van der Waals surface area contributed by atoms with Gasteiger partial charge in [-0.05, 0) is 6.92 Å². The van der Waals surface area contributed by atoms with Gasteiger partial charge in [0.1, 0.15) is 42.7 Å². The van der Waals surface area contributed by atoms with Crippen molar-refractivity contribution in [1.29, 1.82) is 0 Å². The molecule has 0 aromatic carbocycles. The molecule has 0 spiro atoms. The highest BCUT2D eigenvalue weighted by atomic mass is 16.7. The van der Waals surface area contributed by atoms with E-state index in [1.807, 2.05) is 0 Å². The third-order valence-corrected chi connectivity index (χ3v) is 3.94. The van der Waals surface area contributed by atoms with Gasteiger partial charge >= 0.3 is 0 Å². The molecule has 2 rings (SSSR count). The molecular formula is C12H22O10. The van der Waals surface area contributed by atoms with Crippen LogP contribution in [0.15, 0.2) is 0 Å². The van der Waals surface area contributed by atoms with Crippen LogP contribution in [0.4, 0.5) is 0 Å². The van der Waals surface area contributed by atoms with E-state index < -0.39 is 68.0 Å². The lowest BCUT2D eigenvalue weighted by Gasteiger charge is -2.44. The van der Waals surface area contributed by atoms with Gasteiger partial charge in [-0.15, -0.1) is 0 Å². The Morgan fingerprint density at radius 3 is 2.05 bits per heavy atom. The van der Waals surface area contributed by atoms with E-state index in [1.165, 1.54) is 6.92 Å². The molecule has 2 heterocycles. The minimum absolute atomic E-state index is 0.630. The van der Waals surface area contributed by atoms with Crippen LogP contribution in [0.5, 0.6) is 0 Å². The highest BCUT2D eigenvalue weighted by molar-refractivity contribution is 4.93. The van der Waals surface area contributed by atoms with Gasteiger partial charge in [-0.1, -0.05) is 0 Å². The summed E-state index contributed by atoms with van der Waals surface area (Å²) in [4.78, 5) is 0. The van der Waals surface area contributed by atoms with Crippen LogP contribution >= 0.6 is 0 Å². The quantitative estimate of drug-likeness (QED) is 0.269. The third kappa shape index (κ3) is 3.26. The molecule has 10 atom stereocenters. The van der Waals surface area contributed by atoms with Gasteiger partial charge in [-0.25, -0.2) is 0 Å². The summed E-state index contributed by atoms with van der Waals surface area (Å²) >= 11 is 0. The van der Waals surface area contributed by atoms with Crippen molar-refractivity contribution in [2.45, 2.75) is 68.3 Å². The molecule has 0 aromatic rings. The van der Waals surface area contributed by atoms with E-state index in [4.69, 9.17) is 14.2 Å². The van der Waals surface area contributed by atoms with Crippen molar-refractivity contribution in [3.63, 3.8) is 0 Å². The predicted molar refractivity (Wildman–Crippen MR) is 67.2 cm³/mol. The summed E-state index contributed by atoms with van der Waals surface area (Å²) in [5.74, 6) is 0. The van der Waals surface area contributed by atoms with Crippen LogP contribution in [0.2, 0.25) is 0 Å². The first-order valence-corrected chi connectivity index (χ1v) is 6.93. The summed E-state index contributed by atoms with van der Waals surface area (Å²) in [6.45, 7) is 0.821. The molecule has 2 aliphatic rings. The maximum Gasteiger partial charge on any atom is 0.187 e. The van der Waals surface area contributed by atoms with E-state index in [9.17, 15) is 35.7 Å². The van der Waals surface area contributed by atoms with Crippen LogP contribution in [0, 0.1) is 0 Å². The summed E-state index contributed by atoms with van der Waals surface area (Å²) in [6.07, 6.45) is -14.2. The summed E-state index contributed by atoms with van der Waals surface area (Å²) in [7, 11) is 0. The standard InChI is InChI=1S/C12H22O10/c1-3-5(14)6(15)9(18)12(20-3)22-10-4(2-13)21-11(19)8(17)7(10)16/h3-19H,2H2,1H3/t3-,4+,5-,6+,7+,8-,9+,10-,11+,12+/m0/s1. The average Bonchev–Trinajstić information content (AvgIpc) is 2.50. The van der Waals surface area contributed by atoms with E-state index in [-0.39, 0.29) is 0 Å². The molecule has 0 bridgehead atoms. The Balaban J connectivity index is 2.10. The maximum atomic E-state index is 9.93. The van der Waals surface area contributed by atoms with Crippen LogP contribution in [0.1, 0.15) is 6.92 Å². The maximum absolute atomic E-state index is 9.93. The molecule has 10 heteroatoms. The SMILES string of the molecule is C[C@@H]1O[C@H](O[C@@H]2[C@H](O)[C@H](O)[C@H](O)O[C@@H]2CO)[C@H](O)[C@H](O)[C@H]1O. The zero-order valence-corrected chi connectivity index (χ0v) is 11.8. The number of hydrogen-bond donors (Lipinski definition) is 7. The van der Waals surface area contributed by atoms with E-state index in [0.717, 1.165) is 0 Å². The fraction of sp³-hybridized carbons (Fsp3) is 1.00. The Morgan fingerprint density at radius 1 is 0.818 bits per heavy atom. The highest BCUT2D eigenvalue weighted by Gasteiger charge is 2.49. The third-order valence-electron chi connectivity index (χ3n) is 3.94. The topological polar surface area (TPSA) is 169 Å². The Morgan fingerprint density at radius 2 is 1.45 bits per heavy atom. The molecular weight excluding hydrogens is 304 g/mol. The van der Waals surface area contributed by atoms with Gasteiger partial charge in [0.25, 0.3) is 0 Å². The lowest BCUT2D eigenvalue weighted by molar-refractivity contribution is -0.352. The largest absolute Gasteiger partial charge is 0.394 e. The van der Waals surface area contributed by atoms with Gasteiger partial charge in [-0.2, -0.15) is 0 Å². The van der Waals surface area contributed by atoms with Crippen molar-refractivity contribution in [1.82, 2.24) is 0 Å². The van der Waals surface area contributed by atoms with Crippen molar-refractivity contribution in [2.24, 2.45) is 0 Å². The Bertz CT molecular complexity index is 366. The summed E-state index contributed by atoms with van der Waals surface area (Å²) < 4.78 is 15.4. The second kappa shape index (κ2) is 7.01. The lowest BCUT2D eigenvalue weighted by Crippen LogP contribution is -2.63. The summed E-state index contributed by atoms with van der Waals surface area (Å²) in [6, 6.07) is 0. The molecule has 10 nitrogen and oxygen atoms in total. The van der Waals surface area contributed by atoms with Crippen molar-refractivity contribution in [2.75, 3.05) is 6.61 Å². The zero-order chi connectivity index (χ0) is 16.6. The van der Waals surface area contributed by atoms with Gasteiger partial charge in [0, 0.05) is 0 Å². The van der Waals surface area contributed by atoms with Crippen LogP contribution in [-0.4, -0.2) is 104 Å². The van der Waals surface area contributed by atoms with E-state index in [0.29, 0.717) is 0 Å². The molecule has 0 unspecified atom stereocenters. The average molecular weight is 326 g/mol. The van der Waals surface area contributed by atoms with Gasteiger partial charge in [0.05, 0.1) is 12.7 Å². The minimum Gasteiger partial charge on any atom is -0.394 e. The van der Waals surface area contributed by atoms with E-state index in [2.05, 4.69) is 0 Å². The summed E-state index contributed by atoms with van der Waals surface area (Å²) in [5.41, 5.74) is 0. The van der Waals surface area contributed by atoms with Crippen molar-refractivity contribution >= 4 is 0 Å². The molecule has 22 heavy (non-hydrogen) atoms. The van der Waals surface area contributed by atoms with Crippen molar-refractivity contribution in [3.05, 3.63) is 0 Å². The minimum atomic E-state index is -1.70. The second-order valence-corrected chi connectivity index (χ2v) is 5.51. The van der Waals surface area contributed by atoms with Crippen molar-refractivity contribution < 1.29 is 50.0 Å². The van der Waals surface area contributed by atoms with Crippen LogP contribution < -0.4 is 0 Å². The van der Waals surface area contributed by atoms with E-state index in [1.54, 1.807) is 0 Å². The summed E-state index contributed by atoms with van der Waals surface area (Å²) in [5, 5.41) is 67.3. The number of aliphatic hydroxyl groups excluding tert-OH is 7. The Kier molecular flexibility index (Phi) is 5.72. The van der Waals surface area contributed by atoms with Gasteiger partial charge in [0.2, 0.25) is 0 Å². The number of rotatable bonds is 3. The number of hydrogen-bond acceptors (Lipinski definition) is 10. The molecule has 0 aliphatic carbocycles. The second-order valence-electron chi connectivity index (χ2n) is 5.51. The fourth-order valence-corrected chi connectivity index (χ4v) is 2.52. The first-order valence-electron chi connectivity index (χ1n) is 6.93.